The number of nitriles is 1. The quantitative estimate of drug-likeness (QED) is 0.436. The van der Waals surface area contributed by atoms with Crippen molar-refractivity contribution >= 4 is 0 Å². The molecule has 1 aliphatic rings. The first-order valence-corrected chi connectivity index (χ1v) is 12.3. The molecule has 0 amide bonds. The number of ether oxygens (including phenoxy) is 4. The lowest BCUT2D eigenvalue weighted by Crippen LogP contribution is -2.37. The highest BCUT2D eigenvalue weighted by Crippen LogP contribution is 2.43. The van der Waals surface area contributed by atoms with E-state index < -0.39 is 5.41 Å². The van der Waals surface area contributed by atoms with Crippen LogP contribution in [0.1, 0.15) is 57.9 Å². The van der Waals surface area contributed by atoms with E-state index in [0.717, 1.165) is 55.6 Å². The number of hydrogen-bond donors (Lipinski definition) is 1. The minimum absolute atomic E-state index is 0.0256. The molecule has 2 aromatic carbocycles. The van der Waals surface area contributed by atoms with Crippen LogP contribution in [0.5, 0.6) is 23.0 Å². The molecule has 1 aliphatic heterocycles. The number of rotatable bonds is 12. The van der Waals surface area contributed by atoms with E-state index >= 15 is 0 Å². The van der Waals surface area contributed by atoms with Crippen molar-refractivity contribution in [2.24, 2.45) is 11.7 Å². The second kappa shape index (κ2) is 12.0. The van der Waals surface area contributed by atoms with E-state index in [1.165, 1.54) is 0 Å². The summed E-state index contributed by atoms with van der Waals surface area (Å²) < 4.78 is 22.9. The summed E-state index contributed by atoms with van der Waals surface area (Å²) in [6, 6.07) is 16.3. The van der Waals surface area contributed by atoms with Crippen molar-refractivity contribution in [1.29, 1.82) is 5.26 Å². The number of hydrogen-bond acceptors (Lipinski definition) is 6. The number of para-hydroxylation sites is 2. The van der Waals surface area contributed by atoms with Crippen molar-refractivity contribution in [3.05, 3.63) is 48.0 Å². The molecule has 34 heavy (non-hydrogen) atoms. The molecule has 2 aromatic rings. The zero-order chi connectivity index (χ0) is 24.6. The van der Waals surface area contributed by atoms with Gasteiger partial charge in [0.2, 0.25) is 0 Å². The van der Waals surface area contributed by atoms with Gasteiger partial charge in [0.25, 0.3) is 0 Å². The third kappa shape index (κ3) is 5.59. The van der Waals surface area contributed by atoms with Crippen LogP contribution in [-0.4, -0.2) is 33.0 Å². The normalized spacial score (nSPS) is 17.5. The van der Waals surface area contributed by atoms with Gasteiger partial charge in [-0.1, -0.05) is 44.9 Å². The second-order valence-corrected chi connectivity index (χ2v) is 9.05. The molecule has 6 heteroatoms. The van der Waals surface area contributed by atoms with Crippen LogP contribution >= 0.6 is 0 Å². The van der Waals surface area contributed by atoms with Crippen LogP contribution in [0.4, 0.5) is 0 Å². The molecular formula is C28H38N2O4. The van der Waals surface area contributed by atoms with Gasteiger partial charge in [-0.3, -0.25) is 0 Å². The van der Waals surface area contributed by atoms with Crippen LogP contribution in [0, 0.1) is 17.2 Å². The Balaban J connectivity index is 1.68. The fourth-order valence-electron chi connectivity index (χ4n) is 5.17. The molecule has 0 bridgehead atoms. The van der Waals surface area contributed by atoms with Gasteiger partial charge in [0.1, 0.15) is 12.7 Å². The van der Waals surface area contributed by atoms with E-state index in [4.69, 9.17) is 24.7 Å². The molecule has 0 saturated carbocycles. The van der Waals surface area contributed by atoms with Crippen LogP contribution in [0.3, 0.4) is 0 Å². The first-order valence-electron chi connectivity index (χ1n) is 12.3. The number of nitrogens with zero attached hydrogens (tertiary/aromatic N) is 1. The minimum atomic E-state index is -0.605. The van der Waals surface area contributed by atoms with Gasteiger partial charge in [-0.2, -0.15) is 5.26 Å². The Kier molecular flexibility index (Phi) is 9.06. The van der Waals surface area contributed by atoms with Gasteiger partial charge in [-0.25, -0.2) is 0 Å². The SMILES string of the molecule is CCC(CC)C(C#N)(CCCC(N)CC1COc2ccccc2O1)c1ccc(OC)c(OC)c1. The van der Waals surface area contributed by atoms with E-state index in [-0.39, 0.29) is 18.1 Å². The summed E-state index contributed by atoms with van der Waals surface area (Å²) in [5, 5.41) is 10.5. The molecule has 3 unspecified atom stereocenters. The summed E-state index contributed by atoms with van der Waals surface area (Å²) in [5.41, 5.74) is 6.88. The van der Waals surface area contributed by atoms with Crippen molar-refractivity contribution in [1.82, 2.24) is 0 Å². The minimum Gasteiger partial charge on any atom is -0.493 e. The Labute approximate surface area is 204 Å². The molecule has 0 spiro atoms. The molecule has 184 valence electrons. The van der Waals surface area contributed by atoms with Gasteiger partial charge >= 0.3 is 0 Å². The van der Waals surface area contributed by atoms with Gasteiger partial charge in [0.05, 0.1) is 25.7 Å². The van der Waals surface area contributed by atoms with Crippen LogP contribution in [-0.2, 0) is 5.41 Å². The summed E-state index contributed by atoms with van der Waals surface area (Å²) in [5.74, 6) is 3.11. The number of fused-ring (bicyclic) bond motifs is 1. The van der Waals surface area contributed by atoms with Crippen LogP contribution in [0.2, 0.25) is 0 Å². The molecular weight excluding hydrogens is 428 g/mol. The lowest BCUT2D eigenvalue weighted by atomic mass is 9.66. The Morgan fingerprint density at radius 2 is 1.79 bits per heavy atom. The molecule has 0 aromatic heterocycles. The maximum absolute atomic E-state index is 10.5. The van der Waals surface area contributed by atoms with Gasteiger partial charge in [-0.15, -0.1) is 0 Å². The summed E-state index contributed by atoms with van der Waals surface area (Å²) in [6.07, 6.45) is 4.92. The van der Waals surface area contributed by atoms with Crippen molar-refractivity contribution in [3.63, 3.8) is 0 Å². The van der Waals surface area contributed by atoms with Crippen LogP contribution < -0.4 is 24.7 Å². The third-order valence-electron chi connectivity index (χ3n) is 7.06. The molecule has 0 saturated heterocycles. The molecule has 2 N–H and O–H groups in total. The largest absolute Gasteiger partial charge is 0.493 e. The summed E-state index contributed by atoms with van der Waals surface area (Å²) >= 11 is 0. The zero-order valence-electron chi connectivity index (χ0n) is 20.9. The summed E-state index contributed by atoms with van der Waals surface area (Å²) in [6.45, 7) is 4.82. The number of benzene rings is 2. The van der Waals surface area contributed by atoms with Crippen molar-refractivity contribution in [2.45, 2.75) is 69.9 Å². The van der Waals surface area contributed by atoms with Crippen LogP contribution in [0.15, 0.2) is 42.5 Å². The van der Waals surface area contributed by atoms with E-state index in [1.807, 2.05) is 42.5 Å². The fourth-order valence-corrected chi connectivity index (χ4v) is 5.17. The summed E-state index contributed by atoms with van der Waals surface area (Å²) in [7, 11) is 3.25. The first kappa shape index (κ1) is 25.7. The van der Waals surface area contributed by atoms with Gasteiger partial charge in [0, 0.05) is 12.5 Å². The Morgan fingerprint density at radius 3 is 2.44 bits per heavy atom. The highest BCUT2D eigenvalue weighted by atomic mass is 16.6. The van der Waals surface area contributed by atoms with E-state index in [1.54, 1.807) is 14.2 Å². The maximum atomic E-state index is 10.5. The first-order chi connectivity index (χ1) is 16.5. The molecule has 0 aliphatic carbocycles. The maximum Gasteiger partial charge on any atom is 0.161 e. The van der Waals surface area contributed by atoms with Gasteiger partial charge < -0.3 is 24.7 Å². The number of nitrogens with two attached hydrogens (primary N) is 1. The lowest BCUT2D eigenvalue weighted by Gasteiger charge is -2.35. The van der Waals surface area contributed by atoms with E-state index in [9.17, 15) is 5.26 Å². The lowest BCUT2D eigenvalue weighted by molar-refractivity contribution is 0.0788. The average molecular weight is 467 g/mol. The van der Waals surface area contributed by atoms with Crippen molar-refractivity contribution < 1.29 is 18.9 Å². The monoisotopic (exact) mass is 466 g/mol. The van der Waals surface area contributed by atoms with E-state index in [0.29, 0.717) is 18.1 Å². The molecule has 0 radical (unpaired) electrons. The highest BCUT2D eigenvalue weighted by molar-refractivity contribution is 5.47. The highest BCUT2D eigenvalue weighted by Gasteiger charge is 2.39. The van der Waals surface area contributed by atoms with Crippen molar-refractivity contribution in [2.75, 3.05) is 20.8 Å². The average Bonchev–Trinajstić information content (AvgIpc) is 2.87. The molecule has 1 heterocycles. The van der Waals surface area contributed by atoms with Crippen molar-refractivity contribution in [3.8, 4) is 29.1 Å². The fraction of sp³-hybridized carbons (Fsp3) is 0.536. The Morgan fingerprint density at radius 1 is 1.09 bits per heavy atom. The smallest absolute Gasteiger partial charge is 0.161 e. The molecule has 6 nitrogen and oxygen atoms in total. The Hall–Kier alpha value is -2.91. The standard InChI is InChI=1S/C28H38N2O4/c1-5-20(6-2)28(19-29,21-13-14-24(31-3)27(16-21)32-4)15-9-10-22(30)17-23-18-33-25-11-7-8-12-26(25)34-23/h7-8,11-14,16,20,22-23H,5-6,9-10,15,17-18,30H2,1-4H3. The third-order valence-corrected chi connectivity index (χ3v) is 7.06. The van der Waals surface area contributed by atoms with Crippen LogP contribution in [0.25, 0.3) is 0 Å². The van der Waals surface area contributed by atoms with Gasteiger partial charge in [0.15, 0.2) is 23.0 Å². The van der Waals surface area contributed by atoms with E-state index in [2.05, 4.69) is 19.9 Å². The predicted molar refractivity (Wildman–Crippen MR) is 134 cm³/mol. The Bertz CT molecular complexity index is 969. The molecule has 3 rings (SSSR count). The second-order valence-electron chi connectivity index (χ2n) is 9.05. The topological polar surface area (TPSA) is 86.7 Å². The zero-order valence-corrected chi connectivity index (χ0v) is 20.9. The van der Waals surface area contributed by atoms with Gasteiger partial charge in [-0.05, 0) is 55.0 Å². The molecule has 3 atom stereocenters. The molecule has 0 fully saturated rings. The predicted octanol–water partition coefficient (Wildman–Crippen LogP) is 5.63. The summed E-state index contributed by atoms with van der Waals surface area (Å²) in [4.78, 5) is 0. The number of methoxy groups -OCH3 is 2.